The van der Waals surface area contributed by atoms with Crippen LogP contribution in [0.25, 0.3) is 6.08 Å². The average molecular weight is 477 g/mol. The van der Waals surface area contributed by atoms with E-state index in [0.29, 0.717) is 26.4 Å². The van der Waals surface area contributed by atoms with E-state index in [9.17, 15) is 14.4 Å². The van der Waals surface area contributed by atoms with Gasteiger partial charge in [0.15, 0.2) is 4.80 Å². The Morgan fingerprint density at radius 2 is 1.76 bits per heavy atom. The van der Waals surface area contributed by atoms with Crippen LogP contribution in [0.4, 0.5) is 0 Å². The largest absolute Gasteiger partial charge is 0.463 e. The van der Waals surface area contributed by atoms with Gasteiger partial charge in [0.2, 0.25) is 0 Å². The first-order valence-corrected chi connectivity index (χ1v) is 11.6. The molecule has 0 aliphatic carbocycles. The highest BCUT2D eigenvalue weighted by atomic mass is 32.1. The quantitative estimate of drug-likeness (QED) is 0.417. The van der Waals surface area contributed by atoms with Crippen molar-refractivity contribution < 1.29 is 19.1 Å². The van der Waals surface area contributed by atoms with Crippen LogP contribution in [0.5, 0.6) is 5.75 Å². The standard InChI is InChI=1S/C26H24N2O5S/c1-5-32-25(31)22-16(3)27-26-28(23(22)19-10-6-15(2)7-11-19)24(30)21(34-26)14-18-8-12-20(13-9-18)33-17(4)29/h6-14,23H,5H2,1-4H3/b21-14+/t23-/m1/s1. The molecule has 7 nitrogen and oxygen atoms in total. The van der Waals surface area contributed by atoms with Gasteiger partial charge in [-0.15, -0.1) is 0 Å². The summed E-state index contributed by atoms with van der Waals surface area (Å²) in [5.41, 5.74) is 3.30. The number of fused-ring (bicyclic) bond motifs is 1. The minimum atomic E-state index is -0.635. The van der Waals surface area contributed by atoms with Crippen molar-refractivity contribution in [3.63, 3.8) is 0 Å². The van der Waals surface area contributed by atoms with Crippen LogP contribution in [0.1, 0.15) is 43.5 Å². The van der Waals surface area contributed by atoms with Crippen LogP contribution in [0.3, 0.4) is 0 Å². The molecule has 1 aromatic heterocycles. The lowest BCUT2D eigenvalue weighted by Crippen LogP contribution is -2.39. The second-order valence-electron chi connectivity index (χ2n) is 7.88. The number of hydrogen-bond donors (Lipinski definition) is 0. The van der Waals surface area contributed by atoms with Gasteiger partial charge in [-0.25, -0.2) is 9.79 Å². The van der Waals surface area contributed by atoms with Crippen molar-refractivity contribution in [2.24, 2.45) is 4.99 Å². The molecule has 0 N–H and O–H groups in total. The molecule has 0 unspecified atom stereocenters. The Morgan fingerprint density at radius 1 is 1.09 bits per heavy atom. The van der Waals surface area contributed by atoms with Gasteiger partial charge in [-0.2, -0.15) is 0 Å². The molecule has 8 heteroatoms. The Morgan fingerprint density at radius 3 is 2.38 bits per heavy atom. The van der Waals surface area contributed by atoms with Crippen molar-refractivity contribution in [2.75, 3.05) is 6.61 Å². The number of hydrogen-bond acceptors (Lipinski definition) is 7. The zero-order valence-corrected chi connectivity index (χ0v) is 20.1. The number of aryl methyl sites for hydroxylation is 1. The molecule has 2 aromatic carbocycles. The molecule has 2 heterocycles. The Hall–Kier alpha value is -3.78. The second-order valence-corrected chi connectivity index (χ2v) is 8.88. The predicted molar refractivity (Wildman–Crippen MR) is 129 cm³/mol. The molecule has 0 fully saturated rings. The Balaban J connectivity index is 1.86. The third-order valence-electron chi connectivity index (χ3n) is 5.35. The second kappa shape index (κ2) is 9.61. The minimum Gasteiger partial charge on any atom is -0.463 e. The lowest BCUT2D eigenvalue weighted by atomic mass is 9.95. The zero-order chi connectivity index (χ0) is 24.4. The van der Waals surface area contributed by atoms with Crippen molar-refractivity contribution >= 4 is 29.4 Å². The lowest BCUT2D eigenvalue weighted by Gasteiger charge is -2.24. The molecule has 3 aromatic rings. The third kappa shape index (κ3) is 4.63. The summed E-state index contributed by atoms with van der Waals surface area (Å²) in [6, 6.07) is 14.0. The maximum Gasteiger partial charge on any atom is 0.338 e. The van der Waals surface area contributed by atoms with Gasteiger partial charge in [0, 0.05) is 6.92 Å². The third-order valence-corrected chi connectivity index (χ3v) is 6.33. The molecule has 0 spiro atoms. The first kappa shape index (κ1) is 23.4. The smallest absolute Gasteiger partial charge is 0.338 e. The molecular weight excluding hydrogens is 452 g/mol. The van der Waals surface area contributed by atoms with Gasteiger partial charge in [0.1, 0.15) is 5.75 Å². The van der Waals surface area contributed by atoms with Crippen molar-refractivity contribution in [1.82, 2.24) is 4.57 Å². The summed E-state index contributed by atoms with van der Waals surface area (Å²) in [6.07, 6.45) is 1.76. The van der Waals surface area contributed by atoms with E-state index in [1.807, 2.05) is 31.2 Å². The molecule has 0 saturated heterocycles. The van der Waals surface area contributed by atoms with Crippen molar-refractivity contribution in [3.8, 4) is 5.75 Å². The Kier molecular flexibility index (Phi) is 6.61. The van der Waals surface area contributed by atoms with Gasteiger partial charge in [0.05, 0.1) is 28.5 Å². The molecule has 0 saturated carbocycles. The summed E-state index contributed by atoms with van der Waals surface area (Å²) in [5, 5.41) is 0. The minimum absolute atomic E-state index is 0.226. The van der Waals surface area contributed by atoms with E-state index in [1.54, 1.807) is 48.8 Å². The van der Waals surface area contributed by atoms with E-state index in [2.05, 4.69) is 4.99 Å². The van der Waals surface area contributed by atoms with Crippen LogP contribution in [0, 0.1) is 6.92 Å². The molecule has 4 rings (SSSR count). The molecule has 34 heavy (non-hydrogen) atoms. The molecule has 1 atom stereocenters. The number of allylic oxidation sites excluding steroid dienone is 1. The van der Waals surface area contributed by atoms with Crippen LogP contribution < -0.4 is 19.6 Å². The van der Waals surface area contributed by atoms with Gasteiger partial charge in [-0.1, -0.05) is 53.3 Å². The van der Waals surface area contributed by atoms with E-state index < -0.39 is 18.0 Å². The van der Waals surface area contributed by atoms with Crippen molar-refractivity contribution in [3.05, 3.63) is 96.2 Å². The first-order valence-electron chi connectivity index (χ1n) is 10.8. The van der Waals surface area contributed by atoms with E-state index >= 15 is 0 Å². The zero-order valence-electron chi connectivity index (χ0n) is 19.3. The number of esters is 2. The highest BCUT2D eigenvalue weighted by Crippen LogP contribution is 2.30. The van der Waals surface area contributed by atoms with Gasteiger partial charge in [-0.05, 0) is 50.1 Å². The summed E-state index contributed by atoms with van der Waals surface area (Å²) in [7, 11) is 0. The number of nitrogens with zero attached hydrogens (tertiary/aromatic N) is 2. The number of benzene rings is 2. The number of thiazole rings is 1. The van der Waals surface area contributed by atoms with E-state index in [0.717, 1.165) is 16.7 Å². The lowest BCUT2D eigenvalue weighted by molar-refractivity contribution is -0.139. The highest BCUT2D eigenvalue weighted by molar-refractivity contribution is 7.07. The Bertz CT molecular complexity index is 1460. The fraction of sp³-hybridized carbons (Fsp3) is 0.231. The fourth-order valence-electron chi connectivity index (χ4n) is 3.81. The van der Waals surface area contributed by atoms with Gasteiger partial charge in [-0.3, -0.25) is 14.2 Å². The van der Waals surface area contributed by atoms with E-state index in [4.69, 9.17) is 9.47 Å². The number of carbonyl (C=O) groups excluding carboxylic acids is 2. The first-order chi connectivity index (χ1) is 16.3. The number of ether oxygens (including phenoxy) is 2. The topological polar surface area (TPSA) is 87.0 Å². The monoisotopic (exact) mass is 476 g/mol. The summed E-state index contributed by atoms with van der Waals surface area (Å²) in [6.45, 7) is 7.06. The maximum absolute atomic E-state index is 13.6. The molecular formula is C26H24N2O5S. The molecule has 1 aliphatic rings. The normalized spacial score (nSPS) is 15.5. The predicted octanol–water partition coefficient (Wildman–Crippen LogP) is 3.03. The van der Waals surface area contributed by atoms with E-state index in [-0.39, 0.29) is 12.2 Å². The van der Waals surface area contributed by atoms with Crippen molar-refractivity contribution in [1.29, 1.82) is 0 Å². The molecule has 0 radical (unpaired) electrons. The SMILES string of the molecule is CCOC(=O)C1=C(C)N=c2s/c(=C/c3ccc(OC(C)=O)cc3)c(=O)n2[C@@H]1c1ccc(C)cc1. The summed E-state index contributed by atoms with van der Waals surface area (Å²) < 4.78 is 12.4. The molecule has 0 bridgehead atoms. The van der Waals surface area contributed by atoms with Crippen LogP contribution in [-0.2, 0) is 14.3 Å². The van der Waals surface area contributed by atoms with Gasteiger partial charge < -0.3 is 9.47 Å². The van der Waals surface area contributed by atoms with Gasteiger partial charge >= 0.3 is 11.9 Å². The van der Waals surface area contributed by atoms with Crippen LogP contribution >= 0.6 is 11.3 Å². The molecule has 174 valence electrons. The summed E-state index contributed by atoms with van der Waals surface area (Å²) in [5.74, 6) is -0.449. The average Bonchev–Trinajstić information content (AvgIpc) is 3.09. The Labute approximate surface area is 200 Å². The van der Waals surface area contributed by atoms with Crippen LogP contribution in [-0.4, -0.2) is 23.1 Å². The maximum atomic E-state index is 13.6. The van der Waals surface area contributed by atoms with Gasteiger partial charge in [0.25, 0.3) is 5.56 Å². The van der Waals surface area contributed by atoms with Crippen molar-refractivity contribution in [2.45, 2.75) is 33.7 Å². The highest BCUT2D eigenvalue weighted by Gasteiger charge is 2.33. The molecule has 1 aliphatic heterocycles. The molecule has 0 amide bonds. The van der Waals surface area contributed by atoms with Crippen LogP contribution in [0.2, 0.25) is 0 Å². The summed E-state index contributed by atoms with van der Waals surface area (Å²) >= 11 is 1.26. The number of rotatable bonds is 5. The summed E-state index contributed by atoms with van der Waals surface area (Å²) in [4.78, 5) is 42.7. The fourth-order valence-corrected chi connectivity index (χ4v) is 4.85. The van der Waals surface area contributed by atoms with Crippen LogP contribution in [0.15, 0.2) is 69.6 Å². The van der Waals surface area contributed by atoms with E-state index in [1.165, 1.54) is 18.3 Å². The number of carbonyl (C=O) groups is 2. The number of aromatic nitrogens is 1.